The molecule has 0 aliphatic heterocycles. The highest BCUT2D eigenvalue weighted by atomic mass is 35.5. The zero-order valence-corrected chi connectivity index (χ0v) is 4.01. The molecule has 0 radical (unpaired) electrons. The number of aliphatic hydroxyl groups is 1. The highest BCUT2D eigenvalue weighted by Gasteiger charge is 2.22. The highest BCUT2D eigenvalue weighted by Crippen LogP contribution is 2.06. The molecular weight excluding hydrogens is 132 g/mol. The van der Waals surface area contributed by atoms with Gasteiger partial charge in [-0.3, -0.25) is 0 Å². The molecule has 0 aliphatic rings. The Morgan fingerprint density at radius 3 is 1.57 bits per heavy atom. The maximum atomic E-state index is 10.6. The van der Waals surface area contributed by atoms with E-state index < -0.39 is 12.8 Å². The minimum Gasteiger partial charge on any atom is -0.334 e. The molecule has 0 amide bonds. The number of rotatable bonds is 1. The van der Waals surface area contributed by atoms with Gasteiger partial charge in [-0.1, -0.05) is 0 Å². The molecule has 0 saturated heterocycles. The molecule has 0 aliphatic carbocycles. The molecule has 0 rings (SSSR count). The van der Waals surface area contributed by atoms with E-state index in [1.165, 1.54) is 0 Å². The fraction of sp³-hybridized carbons (Fsp3) is 1.00. The molecule has 5 heteroatoms. The van der Waals surface area contributed by atoms with Crippen molar-refractivity contribution >= 4 is 12.4 Å². The molecule has 0 atom stereocenters. The van der Waals surface area contributed by atoms with Crippen molar-refractivity contribution in [3.8, 4) is 0 Å². The van der Waals surface area contributed by atoms with Crippen molar-refractivity contribution < 1.29 is 18.3 Å². The number of hydrogen-bond acceptors (Lipinski definition) is 1. The summed E-state index contributed by atoms with van der Waals surface area (Å²) in [5.74, 6) is 0. The van der Waals surface area contributed by atoms with Crippen molar-refractivity contribution in [2.24, 2.45) is 0 Å². The van der Waals surface area contributed by atoms with E-state index in [2.05, 4.69) is 0 Å². The van der Waals surface area contributed by atoms with Crippen LogP contribution in [0.4, 0.5) is 13.2 Å². The molecule has 0 fully saturated rings. The van der Waals surface area contributed by atoms with Gasteiger partial charge in [0, 0.05) is 0 Å². The Morgan fingerprint density at radius 2 is 1.57 bits per heavy atom. The number of hydrogen-bond donors (Lipinski definition) is 1. The normalized spacial score (nSPS) is 10.3. The Balaban J connectivity index is 0. The van der Waals surface area contributed by atoms with Crippen molar-refractivity contribution in [3.05, 3.63) is 0 Å². The SMILES string of the molecule is Cl.OC(F)(F)CF. The van der Waals surface area contributed by atoms with Gasteiger partial charge in [-0.15, -0.1) is 12.4 Å². The van der Waals surface area contributed by atoms with Crippen LogP contribution in [0.5, 0.6) is 0 Å². The molecule has 0 aromatic carbocycles. The molecule has 0 spiro atoms. The second-order valence-electron chi connectivity index (χ2n) is 0.799. The molecule has 1 N–H and O–H groups in total. The van der Waals surface area contributed by atoms with Crippen LogP contribution in [0.3, 0.4) is 0 Å². The van der Waals surface area contributed by atoms with Crippen LogP contribution < -0.4 is 0 Å². The Kier molecular flexibility index (Phi) is 4.47. The van der Waals surface area contributed by atoms with E-state index in [0.29, 0.717) is 0 Å². The van der Waals surface area contributed by atoms with E-state index in [4.69, 9.17) is 5.11 Å². The fourth-order valence-electron chi connectivity index (χ4n) is 0. The van der Waals surface area contributed by atoms with Crippen LogP contribution in [0, 0.1) is 0 Å². The molecule has 0 unspecified atom stereocenters. The lowest BCUT2D eigenvalue weighted by atomic mass is 10.7. The standard InChI is InChI=1S/C2H3F3O.ClH/c3-1-2(4,5)6;/h6H,1H2;1H. The van der Waals surface area contributed by atoms with Crippen LogP contribution >= 0.6 is 12.4 Å². The van der Waals surface area contributed by atoms with Gasteiger partial charge in [0.05, 0.1) is 0 Å². The molecule has 0 heterocycles. The fourth-order valence-corrected chi connectivity index (χ4v) is 0. The van der Waals surface area contributed by atoms with Gasteiger partial charge in [-0.25, -0.2) is 4.39 Å². The van der Waals surface area contributed by atoms with Crippen molar-refractivity contribution in [1.29, 1.82) is 0 Å². The first kappa shape index (κ1) is 10.1. The van der Waals surface area contributed by atoms with Crippen LogP contribution in [-0.2, 0) is 0 Å². The third-order valence-corrected chi connectivity index (χ3v) is 0.161. The van der Waals surface area contributed by atoms with Crippen molar-refractivity contribution in [2.45, 2.75) is 6.11 Å². The second-order valence-corrected chi connectivity index (χ2v) is 0.799. The number of alkyl halides is 3. The molecule has 7 heavy (non-hydrogen) atoms. The van der Waals surface area contributed by atoms with E-state index >= 15 is 0 Å². The van der Waals surface area contributed by atoms with Crippen LogP contribution in [0.2, 0.25) is 0 Å². The van der Waals surface area contributed by atoms with E-state index in [9.17, 15) is 13.2 Å². The molecule has 0 aromatic heterocycles. The van der Waals surface area contributed by atoms with Gasteiger partial charge in [-0.05, 0) is 0 Å². The summed E-state index contributed by atoms with van der Waals surface area (Å²) in [5.41, 5.74) is 0. The molecule has 0 aromatic rings. The van der Waals surface area contributed by atoms with Crippen LogP contribution in [0.25, 0.3) is 0 Å². The minimum absolute atomic E-state index is 0. The van der Waals surface area contributed by atoms with E-state index in [-0.39, 0.29) is 12.4 Å². The van der Waals surface area contributed by atoms with Gasteiger partial charge < -0.3 is 5.11 Å². The van der Waals surface area contributed by atoms with Gasteiger partial charge in [0.1, 0.15) is 0 Å². The molecule has 46 valence electrons. The molecular formula is C2H4ClF3O. The first-order valence-corrected chi connectivity index (χ1v) is 1.22. The highest BCUT2D eigenvalue weighted by molar-refractivity contribution is 5.85. The Labute approximate surface area is 44.5 Å². The quantitative estimate of drug-likeness (QED) is 0.569. The van der Waals surface area contributed by atoms with E-state index in [1.54, 1.807) is 0 Å². The predicted octanol–water partition coefficient (Wildman–Crippen LogP) is 0.963. The molecule has 0 saturated carbocycles. The summed E-state index contributed by atoms with van der Waals surface area (Å²) in [6, 6.07) is 0. The van der Waals surface area contributed by atoms with Crippen molar-refractivity contribution in [2.75, 3.05) is 6.67 Å². The summed E-state index contributed by atoms with van der Waals surface area (Å²) in [5, 5.41) is 7.12. The van der Waals surface area contributed by atoms with E-state index in [1.807, 2.05) is 0 Å². The summed E-state index contributed by atoms with van der Waals surface area (Å²) in [6.45, 7) is -2.01. The summed E-state index contributed by atoms with van der Waals surface area (Å²) in [7, 11) is 0. The van der Waals surface area contributed by atoms with Gasteiger partial charge >= 0.3 is 6.11 Å². The third-order valence-electron chi connectivity index (χ3n) is 0.161. The predicted molar refractivity (Wildman–Crippen MR) is 20.4 cm³/mol. The Bertz CT molecular complexity index is 42.7. The summed E-state index contributed by atoms with van der Waals surface area (Å²) < 4.78 is 31.8. The first-order chi connectivity index (χ1) is 2.56. The average molecular weight is 137 g/mol. The first-order valence-electron chi connectivity index (χ1n) is 1.22. The lowest BCUT2D eigenvalue weighted by molar-refractivity contribution is -0.208. The van der Waals surface area contributed by atoms with Gasteiger partial charge in [0.15, 0.2) is 6.67 Å². The van der Waals surface area contributed by atoms with Crippen molar-refractivity contribution in [3.63, 3.8) is 0 Å². The second kappa shape index (κ2) is 3.10. The van der Waals surface area contributed by atoms with Crippen LogP contribution in [-0.4, -0.2) is 17.9 Å². The topological polar surface area (TPSA) is 20.2 Å². The average Bonchev–Trinajstić information content (AvgIpc) is 1.35. The maximum Gasteiger partial charge on any atom is 0.381 e. The summed E-state index contributed by atoms with van der Waals surface area (Å²) in [6.07, 6.45) is -4.12. The van der Waals surface area contributed by atoms with Gasteiger partial charge in [-0.2, -0.15) is 8.78 Å². The smallest absolute Gasteiger partial charge is 0.334 e. The van der Waals surface area contributed by atoms with E-state index in [0.717, 1.165) is 0 Å². The lowest BCUT2D eigenvalue weighted by Crippen LogP contribution is -2.15. The van der Waals surface area contributed by atoms with Gasteiger partial charge in [0.2, 0.25) is 0 Å². The molecule has 0 bridgehead atoms. The monoisotopic (exact) mass is 136 g/mol. The third kappa shape index (κ3) is 10.7. The van der Waals surface area contributed by atoms with Crippen LogP contribution in [0.15, 0.2) is 0 Å². The Morgan fingerprint density at radius 1 is 1.43 bits per heavy atom. The van der Waals surface area contributed by atoms with Crippen molar-refractivity contribution in [1.82, 2.24) is 0 Å². The maximum absolute atomic E-state index is 10.6. The minimum atomic E-state index is -4.12. The number of halogens is 4. The summed E-state index contributed by atoms with van der Waals surface area (Å²) >= 11 is 0. The Hall–Kier alpha value is 0.0400. The molecule has 1 nitrogen and oxygen atoms in total. The van der Waals surface area contributed by atoms with Crippen LogP contribution in [0.1, 0.15) is 0 Å². The zero-order chi connectivity index (χ0) is 5.21. The lowest BCUT2D eigenvalue weighted by Gasteiger charge is -1.97. The largest absolute Gasteiger partial charge is 0.381 e. The zero-order valence-electron chi connectivity index (χ0n) is 3.20. The summed E-state index contributed by atoms with van der Waals surface area (Å²) in [4.78, 5) is 0. The van der Waals surface area contributed by atoms with Gasteiger partial charge in [0.25, 0.3) is 0 Å².